The van der Waals surface area contributed by atoms with E-state index < -0.39 is 12.1 Å². The number of hydrogen-bond acceptors (Lipinski definition) is 3. The summed E-state index contributed by atoms with van der Waals surface area (Å²) in [5, 5.41) is 11.8. The van der Waals surface area contributed by atoms with Gasteiger partial charge in [-0.3, -0.25) is 0 Å². The molecule has 52 valence electrons. The van der Waals surface area contributed by atoms with E-state index in [1.165, 1.54) is 6.92 Å². The van der Waals surface area contributed by atoms with Crippen molar-refractivity contribution in [3.05, 3.63) is 0 Å². The first-order chi connectivity index (χ1) is 4.13. The van der Waals surface area contributed by atoms with Gasteiger partial charge >= 0.3 is 6.03 Å². The Morgan fingerprint density at radius 3 is 2.89 bits per heavy atom. The summed E-state index contributed by atoms with van der Waals surface area (Å²) >= 11 is 0. The van der Waals surface area contributed by atoms with Crippen LogP contribution >= 0.6 is 0 Å². The smallest absolute Gasteiger partial charge is 0.332 e. The van der Waals surface area contributed by atoms with Crippen molar-refractivity contribution in [1.82, 2.24) is 5.43 Å². The number of aliphatic hydroxyl groups excluding tert-OH is 1. The molecule has 0 radical (unpaired) electrons. The van der Waals surface area contributed by atoms with Gasteiger partial charge in [-0.05, 0) is 6.92 Å². The first-order valence-electron chi connectivity index (χ1n) is 2.39. The Bertz CT molecular complexity index is 121. The van der Waals surface area contributed by atoms with Crippen LogP contribution in [0.1, 0.15) is 6.92 Å². The number of nitrogens with one attached hydrogen (secondary N) is 1. The van der Waals surface area contributed by atoms with E-state index in [9.17, 15) is 4.79 Å². The lowest BCUT2D eigenvalue weighted by Crippen LogP contribution is -2.25. The van der Waals surface area contributed by atoms with Crippen LogP contribution in [-0.4, -0.2) is 23.5 Å². The van der Waals surface area contributed by atoms with E-state index in [4.69, 9.17) is 5.11 Å². The molecule has 0 aromatic carbocycles. The highest BCUT2D eigenvalue weighted by molar-refractivity contribution is 5.73. The zero-order valence-corrected chi connectivity index (χ0v) is 5.03. The van der Waals surface area contributed by atoms with Crippen LogP contribution in [0.15, 0.2) is 5.10 Å². The van der Waals surface area contributed by atoms with Crippen molar-refractivity contribution in [2.45, 2.75) is 13.0 Å². The molecule has 1 unspecified atom stereocenters. The first-order valence-corrected chi connectivity index (χ1v) is 2.39. The fourth-order valence-corrected chi connectivity index (χ4v) is 0.209. The van der Waals surface area contributed by atoms with Crippen LogP contribution < -0.4 is 11.2 Å². The normalized spacial score (nSPS) is 13.6. The second-order valence-electron chi connectivity index (χ2n) is 1.49. The molecule has 0 fully saturated rings. The molecule has 0 bridgehead atoms. The maximum absolute atomic E-state index is 9.90. The second kappa shape index (κ2) is 3.85. The molecule has 0 aliphatic carbocycles. The van der Waals surface area contributed by atoms with Gasteiger partial charge < -0.3 is 10.8 Å². The third kappa shape index (κ3) is 6.90. The van der Waals surface area contributed by atoms with Crippen molar-refractivity contribution < 1.29 is 9.90 Å². The standard InChI is InChI=1S/C4H9N3O2/c1-3(8)2-6-7-4(5)9/h2-3,8H,1H3,(H3,5,7,9)/b6-2+. The van der Waals surface area contributed by atoms with E-state index in [2.05, 4.69) is 10.8 Å². The summed E-state index contributed by atoms with van der Waals surface area (Å²) in [6.45, 7) is 1.51. The van der Waals surface area contributed by atoms with Crippen molar-refractivity contribution in [2.24, 2.45) is 10.8 Å². The molecular weight excluding hydrogens is 122 g/mol. The third-order valence-corrected chi connectivity index (χ3v) is 0.465. The Labute approximate surface area is 52.5 Å². The number of nitrogens with zero attached hydrogens (tertiary/aromatic N) is 1. The molecule has 0 aromatic heterocycles. The molecular formula is C4H9N3O2. The second-order valence-corrected chi connectivity index (χ2v) is 1.49. The van der Waals surface area contributed by atoms with Crippen LogP contribution in [0.25, 0.3) is 0 Å². The van der Waals surface area contributed by atoms with Gasteiger partial charge in [0.2, 0.25) is 0 Å². The molecule has 4 N–H and O–H groups in total. The number of aliphatic hydroxyl groups is 1. The molecule has 0 heterocycles. The van der Waals surface area contributed by atoms with Gasteiger partial charge in [-0.1, -0.05) is 0 Å². The minimum Gasteiger partial charge on any atom is -0.388 e. The number of nitrogens with two attached hydrogens (primary N) is 1. The van der Waals surface area contributed by atoms with Gasteiger partial charge in [0.25, 0.3) is 0 Å². The lowest BCUT2D eigenvalue weighted by Gasteiger charge is -1.92. The molecule has 0 rings (SSSR count). The van der Waals surface area contributed by atoms with Crippen LogP contribution in [0.2, 0.25) is 0 Å². The van der Waals surface area contributed by atoms with Crippen LogP contribution in [-0.2, 0) is 0 Å². The summed E-state index contributed by atoms with van der Waals surface area (Å²) in [6, 6.07) is -0.744. The molecule has 2 amide bonds. The van der Waals surface area contributed by atoms with Crippen molar-refractivity contribution >= 4 is 12.2 Å². The number of urea groups is 1. The van der Waals surface area contributed by atoms with Gasteiger partial charge in [0.15, 0.2) is 0 Å². The SMILES string of the molecule is CC(O)/C=N/NC(N)=O. The van der Waals surface area contributed by atoms with E-state index in [0.717, 1.165) is 6.21 Å². The molecule has 0 aromatic rings. The number of hydrazone groups is 1. The largest absolute Gasteiger partial charge is 0.388 e. The van der Waals surface area contributed by atoms with E-state index in [1.807, 2.05) is 5.43 Å². The summed E-state index contributed by atoms with van der Waals surface area (Å²) in [5.74, 6) is 0. The molecule has 9 heavy (non-hydrogen) atoms. The average molecular weight is 131 g/mol. The Balaban J connectivity index is 3.36. The van der Waals surface area contributed by atoms with Crippen LogP contribution in [0.3, 0.4) is 0 Å². The van der Waals surface area contributed by atoms with Crippen LogP contribution in [0.5, 0.6) is 0 Å². The van der Waals surface area contributed by atoms with Crippen molar-refractivity contribution in [2.75, 3.05) is 0 Å². The van der Waals surface area contributed by atoms with Gasteiger partial charge in [0, 0.05) is 0 Å². The van der Waals surface area contributed by atoms with Crippen molar-refractivity contribution in [3.8, 4) is 0 Å². The number of rotatable bonds is 2. The van der Waals surface area contributed by atoms with Gasteiger partial charge in [0.1, 0.15) is 0 Å². The van der Waals surface area contributed by atoms with E-state index in [1.54, 1.807) is 0 Å². The molecule has 0 aliphatic heterocycles. The summed E-state index contributed by atoms with van der Waals surface area (Å²) in [7, 11) is 0. The zero-order chi connectivity index (χ0) is 7.28. The van der Waals surface area contributed by atoms with Crippen LogP contribution in [0.4, 0.5) is 4.79 Å². The Kier molecular flexibility index (Phi) is 3.38. The predicted octanol–water partition coefficient (Wildman–Crippen LogP) is -0.979. The van der Waals surface area contributed by atoms with E-state index in [-0.39, 0.29) is 0 Å². The lowest BCUT2D eigenvalue weighted by molar-refractivity contribution is 0.248. The number of carbonyl (C=O) groups excluding carboxylic acids is 1. The highest BCUT2D eigenvalue weighted by atomic mass is 16.3. The number of hydrogen-bond donors (Lipinski definition) is 3. The van der Waals surface area contributed by atoms with Gasteiger partial charge in [-0.2, -0.15) is 5.10 Å². The number of amides is 2. The molecule has 0 saturated heterocycles. The first kappa shape index (κ1) is 7.90. The molecule has 0 aliphatic rings. The quantitative estimate of drug-likeness (QED) is 0.332. The minimum absolute atomic E-state index is 0.670. The fraction of sp³-hybridized carbons (Fsp3) is 0.500. The monoisotopic (exact) mass is 131 g/mol. The topological polar surface area (TPSA) is 87.7 Å². The fourth-order valence-electron chi connectivity index (χ4n) is 0.209. The lowest BCUT2D eigenvalue weighted by atomic mass is 10.5. The average Bonchev–Trinajstić information content (AvgIpc) is 1.63. The molecule has 0 spiro atoms. The molecule has 0 saturated carbocycles. The zero-order valence-electron chi connectivity index (χ0n) is 5.03. The maximum Gasteiger partial charge on any atom is 0.332 e. The van der Waals surface area contributed by atoms with Crippen LogP contribution in [0, 0.1) is 0 Å². The summed E-state index contributed by atoms with van der Waals surface area (Å²) in [5.41, 5.74) is 6.56. The molecule has 5 nitrogen and oxygen atoms in total. The maximum atomic E-state index is 9.90. The van der Waals surface area contributed by atoms with Crippen molar-refractivity contribution in [3.63, 3.8) is 0 Å². The Morgan fingerprint density at radius 2 is 2.56 bits per heavy atom. The highest BCUT2D eigenvalue weighted by Crippen LogP contribution is 1.69. The third-order valence-electron chi connectivity index (χ3n) is 0.465. The van der Waals surface area contributed by atoms with Gasteiger partial charge in [0.05, 0.1) is 12.3 Å². The summed E-state index contributed by atoms with van der Waals surface area (Å²) in [6.07, 6.45) is 0.488. The number of primary amides is 1. The molecule has 1 atom stereocenters. The molecule has 5 heteroatoms. The minimum atomic E-state index is -0.744. The van der Waals surface area contributed by atoms with Gasteiger partial charge in [-0.25, -0.2) is 10.2 Å². The summed E-state index contributed by atoms with van der Waals surface area (Å²) < 4.78 is 0. The predicted molar refractivity (Wildman–Crippen MR) is 32.9 cm³/mol. The van der Waals surface area contributed by atoms with Gasteiger partial charge in [-0.15, -0.1) is 0 Å². The Morgan fingerprint density at radius 1 is 2.00 bits per heavy atom. The summed E-state index contributed by atoms with van der Waals surface area (Å²) in [4.78, 5) is 9.90. The Hall–Kier alpha value is -1.10. The highest BCUT2D eigenvalue weighted by Gasteiger charge is 1.86. The number of carbonyl (C=O) groups is 1. The van der Waals surface area contributed by atoms with E-state index in [0.29, 0.717) is 0 Å². The van der Waals surface area contributed by atoms with Crippen molar-refractivity contribution in [1.29, 1.82) is 0 Å². The van der Waals surface area contributed by atoms with E-state index >= 15 is 0 Å².